The third-order valence-electron chi connectivity index (χ3n) is 3.17. The minimum atomic E-state index is -3.10. The molecule has 22 heavy (non-hydrogen) atoms. The Labute approximate surface area is 126 Å². The van der Waals surface area contributed by atoms with Crippen molar-refractivity contribution in [3.8, 4) is 0 Å². The van der Waals surface area contributed by atoms with Gasteiger partial charge in [0.15, 0.2) is 16.4 Å². The lowest BCUT2D eigenvalue weighted by Gasteiger charge is -2.11. The number of benzene rings is 1. The maximum absolute atomic E-state index is 12.9. The average Bonchev–Trinajstić information content (AvgIpc) is 2.75. The molecule has 7 nitrogen and oxygen atoms in total. The summed E-state index contributed by atoms with van der Waals surface area (Å²) >= 11 is 0. The van der Waals surface area contributed by atoms with Crippen molar-refractivity contribution < 1.29 is 27.1 Å². The molecule has 1 aliphatic rings. The van der Waals surface area contributed by atoms with E-state index in [-0.39, 0.29) is 22.8 Å². The summed E-state index contributed by atoms with van der Waals surface area (Å²) in [7, 11) is -3.10. The molecule has 120 valence electrons. The number of hydrogen-bond donors (Lipinski definition) is 2. The number of halogens is 1. The first-order chi connectivity index (χ1) is 10.3. The van der Waals surface area contributed by atoms with Gasteiger partial charge in [-0.2, -0.15) is 0 Å². The Balaban J connectivity index is 1.84. The highest BCUT2D eigenvalue weighted by Gasteiger charge is 2.29. The summed E-state index contributed by atoms with van der Waals surface area (Å²) in [6.45, 7) is -0.563. The third kappa shape index (κ3) is 4.17. The third-order valence-corrected chi connectivity index (χ3v) is 4.93. The highest BCUT2D eigenvalue weighted by Crippen LogP contribution is 2.14. The predicted molar refractivity (Wildman–Crippen MR) is 76.3 cm³/mol. The predicted octanol–water partition coefficient (Wildman–Crippen LogP) is -0.132. The molecule has 0 aliphatic carbocycles. The minimum Gasteiger partial charge on any atom is -0.452 e. The van der Waals surface area contributed by atoms with E-state index >= 15 is 0 Å². The molecule has 0 unspecified atom stereocenters. The van der Waals surface area contributed by atoms with Crippen LogP contribution in [-0.4, -0.2) is 44.4 Å². The lowest BCUT2D eigenvalue weighted by atomic mass is 10.2. The number of rotatable bonds is 4. The Kier molecular flexibility index (Phi) is 4.65. The molecule has 1 fully saturated rings. The van der Waals surface area contributed by atoms with Gasteiger partial charge in [0.1, 0.15) is 5.82 Å². The minimum absolute atomic E-state index is 0.0316. The molecule has 0 spiro atoms. The molecule has 0 radical (unpaired) electrons. The van der Waals surface area contributed by atoms with Crippen LogP contribution >= 0.6 is 0 Å². The van der Waals surface area contributed by atoms with Crippen LogP contribution in [0.25, 0.3) is 0 Å². The van der Waals surface area contributed by atoms with E-state index in [1.165, 1.54) is 0 Å². The molecule has 0 bridgehead atoms. The van der Waals surface area contributed by atoms with Crippen molar-refractivity contribution >= 4 is 27.4 Å². The average molecular weight is 330 g/mol. The highest BCUT2D eigenvalue weighted by molar-refractivity contribution is 7.91. The second-order valence-corrected chi connectivity index (χ2v) is 7.20. The van der Waals surface area contributed by atoms with E-state index in [4.69, 9.17) is 10.5 Å². The quantitative estimate of drug-likeness (QED) is 0.587. The van der Waals surface area contributed by atoms with Gasteiger partial charge in [-0.25, -0.2) is 17.6 Å². The van der Waals surface area contributed by atoms with Crippen molar-refractivity contribution in [3.05, 3.63) is 29.6 Å². The van der Waals surface area contributed by atoms with Crippen molar-refractivity contribution in [1.82, 2.24) is 5.32 Å². The highest BCUT2D eigenvalue weighted by atomic mass is 32.2. The van der Waals surface area contributed by atoms with Crippen LogP contribution in [0, 0.1) is 5.82 Å². The molecule has 0 saturated carbocycles. The SMILES string of the molecule is Nc1cc(F)ccc1C(=O)OCC(=O)N[C@@H]1CCS(=O)(=O)C1. The summed E-state index contributed by atoms with van der Waals surface area (Å²) in [6, 6.07) is 2.72. The normalized spacial score (nSPS) is 19.6. The number of carbonyl (C=O) groups excluding carboxylic acids is 2. The number of hydrogen-bond acceptors (Lipinski definition) is 6. The molecular formula is C13H15FN2O5S. The Hall–Kier alpha value is -2.16. The summed E-state index contributed by atoms with van der Waals surface area (Å²) in [5.41, 5.74) is 5.35. The molecule has 2 rings (SSSR count). The Bertz CT molecular complexity index is 704. The van der Waals surface area contributed by atoms with Gasteiger partial charge in [-0.15, -0.1) is 0 Å². The zero-order chi connectivity index (χ0) is 16.3. The van der Waals surface area contributed by atoms with Crippen molar-refractivity contribution in [2.24, 2.45) is 0 Å². The maximum Gasteiger partial charge on any atom is 0.340 e. The fraction of sp³-hybridized carbons (Fsp3) is 0.385. The van der Waals surface area contributed by atoms with Gasteiger partial charge in [0.2, 0.25) is 0 Å². The standard InChI is InChI=1S/C13H15FN2O5S/c14-8-1-2-10(11(15)5-8)13(18)21-6-12(17)16-9-3-4-22(19,20)7-9/h1-2,5,9H,3-4,6-7,15H2,(H,16,17)/t9-/m1/s1. The fourth-order valence-electron chi connectivity index (χ4n) is 2.11. The van der Waals surface area contributed by atoms with Crippen molar-refractivity contribution in [3.63, 3.8) is 0 Å². The van der Waals surface area contributed by atoms with Gasteiger partial charge < -0.3 is 15.8 Å². The number of anilines is 1. The number of nitrogen functional groups attached to an aromatic ring is 1. The van der Waals surface area contributed by atoms with Gasteiger partial charge in [-0.05, 0) is 24.6 Å². The number of carbonyl (C=O) groups is 2. The number of ether oxygens (including phenoxy) is 1. The van der Waals surface area contributed by atoms with Crippen LogP contribution in [-0.2, 0) is 19.4 Å². The molecule has 1 atom stereocenters. The van der Waals surface area contributed by atoms with Gasteiger partial charge >= 0.3 is 5.97 Å². The van der Waals surface area contributed by atoms with Crippen LogP contribution in [0.3, 0.4) is 0 Å². The lowest BCUT2D eigenvalue weighted by molar-refractivity contribution is -0.124. The molecule has 3 N–H and O–H groups in total. The number of sulfone groups is 1. The second-order valence-electron chi connectivity index (χ2n) is 4.98. The summed E-state index contributed by atoms with van der Waals surface area (Å²) in [5, 5.41) is 2.48. The number of amides is 1. The Morgan fingerprint density at radius 3 is 2.73 bits per heavy atom. The first-order valence-corrected chi connectivity index (χ1v) is 8.31. The van der Waals surface area contributed by atoms with Crippen molar-refractivity contribution in [2.75, 3.05) is 23.8 Å². The molecule has 1 heterocycles. The van der Waals surface area contributed by atoms with Crippen LogP contribution < -0.4 is 11.1 Å². The van der Waals surface area contributed by atoms with Crippen LogP contribution in [0.4, 0.5) is 10.1 Å². The Morgan fingerprint density at radius 2 is 2.14 bits per heavy atom. The maximum atomic E-state index is 12.9. The summed E-state index contributed by atoms with van der Waals surface area (Å²) in [6.07, 6.45) is 0.340. The van der Waals surface area contributed by atoms with Gasteiger partial charge in [0, 0.05) is 11.7 Å². The van der Waals surface area contributed by atoms with Gasteiger partial charge in [-0.1, -0.05) is 0 Å². The van der Waals surface area contributed by atoms with E-state index in [2.05, 4.69) is 5.32 Å². The summed E-state index contributed by atoms with van der Waals surface area (Å²) in [4.78, 5) is 23.3. The molecule has 9 heteroatoms. The summed E-state index contributed by atoms with van der Waals surface area (Å²) in [5.74, 6) is -2.13. The number of nitrogens with two attached hydrogens (primary N) is 1. The largest absolute Gasteiger partial charge is 0.452 e. The van der Waals surface area contributed by atoms with Gasteiger partial charge in [0.05, 0.1) is 17.1 Å². The van der Waals surface area contributed by atoms with Crippen molar-refractivity contribution in [2.45, 2.75) is 12.5 Å². The van der Waals surface area contributed by atoms with Crippen LogP contribution in [0.2, 0.25) is 0 Å². The zero-order valence-electron chi connectivity index (χ0n) is 11.5. The monoisotopic (exact) mass is 330 g/mol. The van der Waals surface area contributed by atoms with Gasteiger partial charge in [-0.3, -0.25) is 4.79 Å². The van der Waals surface area contributed by atoms with Crippen LogP contribution in [0.15, 0.2) is 18.2 Å². The molecule has 1 saturated heterocycles. The van der Waals surface area contributed by atoms with Crippen molar-refractivity contribution in [1.29, 1.82) is 0 Å². The van der Waals surface area contributed by atoms with E-state index in [1.54, 1.807) is 0 Å². The summed E-state index contributed by atoms with van der Waals surface area (Å²) < 4.78 is 40.2. The van der Waals surface area contributed by atoms with Gasteiger partial charge in [0.25, 0.3) is 5.91 Å². The zero-order valence-corrected chi connectivity index (χ0v) is 12.4. The number of nitrogens with one attached hydrogen (secondary N) is 1. The van der Waals surface area contributed by atoms with Crippen LogP contribution in [0.1, 0.15) is 16.8 Å². The smallest absolute Gasteiger partial charge is 0.340 e. The molecule has 0 aromatic heterocycles. The van der Waals surface area contributed by atoms with Crippen LogP contribution in [0.5, 0.6) is 0 Å². The molecule has 1 aromatic rings. The van der Waals surface area contributed by atoms with E-state index < -0.39 is 40.2 Å². The molecular weight excluding hydrogens is 315 g/mol. The first kappa shape index (κ1) is 16.2. The Morgan fingerprint density at radius 1 is 1.41 bits per heavy atom. The molecule has 1 amide bonds. The lowest BCUT2D eigenvalue weighted by Crippen LogP contribution is -2.38. The van der Waals surface area contributed by atoms with E-state index in [1.807, 2.05) is 0 Å². The molecule has 1 aromatic carbocycles. The number of esters is 1. The first-order valence-electron chi connectivity index (χ1n) is 6.49. The topological polar surface area (TPSA) is 116 Å². The van der Waals surface area contributed by atoms with E-state index in [0.717, 1.165) is 18.2 Å². The van der Waals surface area contributed by atoms with E-state index in [0.29, 0.717) is 6.42 Å². The second kappa shape index (κ2) is 6.30. The molecule has 1 aliphatic heterocycles. The van der Waals surface area contributed by atoms with E-state index in [9.17, 15) is 22.4 Å². The fourth-order valence-corrected chi connectivity index (χ4v) is 3.78.